The Bertz CT molecular complexity index is 377. The summed E-state index contributed by atoms with van der Waals surface area (Å²) >= 11 is 3.34. The van der Waals surface area contributed by atoms with Gasteiger partial charge in [0.15, 0.2) is 0 Å². The first kappa shape index (κ1) is 11.8. The van der Waals surface area contributed by atoms with Gasteiger partial charge in [-0.15, -0.1) is 0 Å². The van der Waals surface area contributed by atoms with Crippen LogP contribution in [-0.4, -0.2) is 39.9 Å². The Morgan fingerprint density at radius 1 is 1.75 bits per heavy atom. The first-order valence-corrected chi connectivity index (χ1v) is 5.94. The van der Waals surface area contributed by atoms with Gasteiger partial charge >= 0.3 is 0 Å². The van der Waals surface area contributed by atoms with Crippen molar-refractivity contribution in [3.8, 4) is 0 Å². The van der Waals surface area contributed by atoms with Crippen molar-refractivity contribution in [1.29, 1.82) is 0 Å². The van der Waals surface area contributed by atoms with E-state index in [-0.39, 0.29) is 6.10 Å². The number of ether oxygens (including phenoxy) is 1. The maximum absolute atomic E-state index is 10.3. The molecule has 0 aliphatic carbocycles. The molecule has 1 aromatic heterocycles. The van der Waals surface area contributed by atoms with Gasteiger partial charge in [-0.05, 0) is 22.9 Å². The number of anilines is 1. The van der Waals surface area contributed by atoms with Crippen LogP contribution in [0.25, 0.3) is 0 Å². The molecule has 0 aromatic carbocycles. The van der Waals surface area contributed by atoms with E-state index >= 15 is 0 Å². The zero-order valence-corrected chi connectivity index (χ0v) is 10.6. The molecule has 0 spiro atoms. The van der Waals surface area contributed by atoms with Gasteiger partial charge in [-0.3, -0.25) is 0 Å². The Hall–Kier alpha value is -0.720. The van der Waals surface area contributed by atoms with Crippen LogP contribution >= 0.6 is 15.9 Å². The van der Waals surface area contributed by atoms with E-state index in [1.165, 1.54) is 6.33 Å². The molecule has 0 saturated carbocycles. The molecule has 2 atom stereocenters. The van der Waals surface area contributed by atoms with Crippen molar-refractivity contribution >= 4 is 21.7 Å². The minimum Gasteiger partial charge on any atom is -0.385 e. The largest absolute Gasteiger partial charge is 0.385 e. The molecule has 1 aliphatic heterocycles. The normalized spacial score (nSPS) is 29.3. The predicted molar refractivity (Wildman–Crippen MR) is 63.2 cm³/mol. The second-order valence-electron chi connectivity index (χ2n) is 3.94. The van der Waals surface area contributed by atoms with E-state index in [0.29, 0.717) is 25.4 Å². The van der Waals surface area contributed by atoms with Gasteiger partial charge in [-0.25, -0.2) is 9.97 Å². The van der Waals surface area contributed by atoms with E-state index in [0.717, 1.165) is 4.47 Å². The summed E-state index contributed by atoms with van der Waals surface area (Å²) in [5, 5.41) is 13.4. The average molecular weight is 288 g/mol. The van der Waals surface area contributed by atoms with E-state index in [4.69, 9.17) is 4.74 Å². The molecular weight excluding hydrogens is 274 g/mol. The van der Waals surface area contributed by atoms with Gasteiger partial charge in [0.25, 0.3) is 0 Å². The number of rotatable bonds is 3. The van der Waals surface area contributed by atoms with Crippen molar-refractivity contribution in [3.05, 3.63) is 17.0 Å². The average Bonchev–Trinajstić information content (AvgIpc) is 2.59. The molecule has 1 aromatic rings. The van der Waals surface area contributed by atoms with Gasteiger partial charge in [0.1, 0.15) is 17.7 Å². The maximum atomic E-state index is 10.3. The van der Waals surface area contributed by atoms with E-state index in [2.05, 4.69) is 31.2 Å². The highest BCUT2D eigenvalue weighted by molar-refractivity contribution is 9.10. The smallest absolute Gasteiger partial charge is 0.143 e. The number of aliphatic hydroxyl groups is 1. The minimum absolute atomic E-state index is 0.152. The summed E-state index contributed by atoms with van der Waals surface area (Å²) in [5.74, 6) is 0.683. The van der Waals surface area contributed by atoms with E-state index < -0.39 is 5.60 Å². The van der Waals surface area contributed by atoms with Crippen molar-refractivity contribution in [2.75, 3.05) is 18.5 Å². The van der Waals surface area contributed by atoms with Crippen molar-refractivity contribution in [2.45, 2.75) is 25.0 Å². The van der Waals surface area contributed by atoms with Gasteiger partial charge in [-0.1, -0.05) is 0 Å². The predicted octanol–water partition coefficient (Wildman–Crippen LogP) is 1.19. The standard InChI is InChI=1S/C10H14BrN3O2/c1-7-10(15,2-3-16-7)5-13-9-8(11)4-12-6-14-9/h4,6-7,15H,2-3,5H2,1H3,(H,12,13,14). The number of aromatic nitrogens is 2. The molecule has 2 unspecified atom stereocenters. The molecular formula is C10H14BrN3O2. The fourth-order valence-electron chi connectivity index (χ4n) is 1.68. The maximum Gasteiger partial charge on any atom is 0.143 e. The van der Waals surface area contributed by atoms with Gasteiger partial charge in [0, 0.05) is 25.8 Å². The van der Waals surface area contributed by atoms with Crippen LogP contribution in [0.4, 0.5) is 5.82 Å². The Morgan fingerprint density at radius 2 is 2.56 bits per heavy atom. The molecule has 2 N–H and O–H groups in total. The molecule has 0 radical (unpaired) electrons. The summed E-state index contributed by atoms with van der Waals surface area (Å²) in [6, 6.07) is 0. The molecule has 6 heteroatoms. The lowest BCUT2D eigenvalue weighted by Gasteiger charge is -2.26. The Kier molecular flexibility index (Phi) is 3.41. The summed E-state index contributed by atoms with van der Waals surface area (Å²) in [7, 11) is 0. The van der Waals surface area contributed by atoms with E-state index in [9.17, 15) is 5.11 Å². The number of hydrogen-bond donors (Lipinski definition) is 2. The van der Waals surface area contributed by atoms with Gasteiger partial charge in [-0.2, -0.15) is 0 Å². The van der Waals surface area contributed by atoms with Crippen LogP contribution in [0, 0.1) is 0 Å². The highest BCUT2D eigenvalue weighted by Gasteiger charge is 2.39. The molecule has 16 heavy (non-hydrogen) atoms. The van der Waals surface area contributed by atoms with E-state index in [1.54, 1.807) is 6.20 Å². The van der Waals surface area contributed by atoms with Crippen LogP contribution in [0.15, 0.2) is 17.0 Å². The molecule has 5 nitrogen and oxygen atoms in total. The van der Waals surface area contributed by atoms with Crippen LogP contribution in [0.2, 0.25) is 0 Å². The van der Waals surface area contributed by atoms with Crippen LogP contribution < -0.4 is 5.32 Å². The SMILES string of the molecule is CC1OCCC1(O)CNc1ncncc1Br. The van der Waals surface area contributed by atoms with Crippen LogP contribution in [0.5, 0.6) is 0 Å². The number of nitrogens with one attached hydrogen (secondary N) is 1. The highest BCUT2D eigenvalue weighted by atomic mass is 79.9. The van der Waals surface area contributed by atoms with Gasteiger partial charge < -0.3 is 15.2 Å². The molecule has 1 fully saturated rings. The third kappa shape index (κ3) is 2.34. The van der Waals surface area contributed by atoms with E-state index in [1.807, 2.05) is 6.92 Å². The van der Waals surface area contributed by atoms with Crippen LogP contribution in [0.3, 0.4) is 0 Å². The third-order valence-electron chi connectivity index (χ3n) is 2.89. The molecule has 2 heterocycles. The minimum atomic E-state index is -0.815. The highest BCUT2D eigenvalue weighted by Crippen LogP contribution is 2.26. The lowest BCUT2D eigenvalue weighted by molar-refractivity contribution is -0.0176. The third-order valence-corrected chi connectivity index (χ3v) is 3.47. The lowest BCUT2D eigenvalue weighted by Crippen LogP contribution is -2.43. The first-order chi connectivity index (χ1) is 7.62. The van der Waals surface area contributed by atoms with Crippen LogP contribution in [0.1, 0.15) is 13.3 Å². The summed E-state index contributed by atoms with van der Waals surface area (Å²) in [6.07, 6.45) is 3.62. The van der Waals surface area contributed by atoms with Crippen molar-refractivity contribution in [3.63, 3.8) is 0 Å². The first-order valence-electron chi connectivity index (χ1n) is 5.15. The Morgan fingerprint density at radius 3 is 3.19 bits per heavy atom. The number of hydrogen-bond acceptors (Lipinski definition) is 5. The lowest BCUT2D eigenvalue weighted by atomic mass is 9.97. The second-order valence-corrected chi connectivity index (χ2v) is 4.79. The van der Waals surface area contributed by atoms with Crippen LogP contribution in [-0.2, 0) is 4.74 Å². The number of nitrogens with zero attached hydrogens (tertiary/aromatic N) is 2. The summed E-state index contributed by atoms with van der Waals surface area (Å²) < 4.78 is 6.14. The summed E-state index contributed by atoms with van der Waals surface area (Å²) in [4.78, 5) is 7.95. The Labute approximate surface area is 102 Å². The molecule has 0 bridgehead atoms. The van der Waals surface area contributed by atoms with Crippen molar-refractivity contribution in [1.82, 2.24) is 9.97 Å². The van der Waals surface area contributed by atoms with Gasteiger partial charge in [0.2, 0.25) is 0 Å². The zero-order valence-electron chi connectivity index (χ0n) is 8.98. The zero-order chi connectivity index (χ0) is 11.6. The molecule has 0 amide bonds. The summed E-state index contributed by atoms with van der Waals surface area (Å²) in [5.41, 5.74) is -0.815. The van der Waals surface area contributed by atoms with Crippen molar-refractivity contribution in [2.24, 2.45) is 0 Å². The second kappa shape index (κ2) is 4.65. The van der Waals surface area contributed by atoms with Crippen molar-refractivity contribution < 1.29 is 9.84 Å². The molecule has 1 saturated heterocycles. The molecule has 2 rings (SSSR count). The Balaban J connectivity index is 2.00. The summed E-state index contributed by atoms with van der Waals surface area (Å²) in [6.45, 7) is 2.90. The fraction of sp³-hybridized carbons (Fsp3) is 0.600. The quantitative estimate of drug-likeness (QED) is 0.874. The van der Waals surface area contributed by atoms with Gasteiger partial charge in [0.05, 0.1) is 10.6 Å². The monoisotopic (exact) mass is 287 g/mol. The molecule has 1 aliphatic rings. The molecule has 88 valence electrons. The topological polar surface area (TPSA) is 67.3 Å². The number of halogens is 1. The fourth-order valence-corrected chi connectivity index (χ4v) is 2.04.